The van der Waals surface area contributed by atoms with E-state index in [2.05, 4.69) is 14.9 Å². The van der Waals surface area contributed by atoms with E-state index >= 15 is 0 Å². The first-order valence-corrected chi connectivity index (χ1v) is 8.95. The van der Waals surface area contributed by atoms with Gasteiger partial charge in [0.1, 0.15) is 6.33 Å². The number of benzene rings is 2. The molecule has 1 unspecified atom stereocenters. The SMILES string of the molecule is O=[N+]([O-])Oc1ncn(CC(Cc2ccc(Cl)cc2)c2ccc(Cl)cc2Cl)n1. The molecule has 2 aromatic carbocycles. The summed E-state index contributed by atoms with van der Waals surface area (Å²) in [4.78, 5) is 18.5. The fourth-order valence-corrected chi connectivity index (χ4v) is 3.40. The predicted octanol–water partition coefficient (Wildman–Crippen LogP) is 4.84. The van der Waals surface area contributed by atoms with Crippen molar-refractivity contribution in [2.45, 2.75) is 18.9 Å². The monoisotopic (exact) mass is 426 g/mol. The largest absolute Gasteiger partial charge is 0.327 e. The second-order valence-electron chi connectivity index (χ2n) is 5.76. The zero-order valence-electron chi connectivity index (χ0n) is 13.8. The lowest BCUT2D eigenvalue weighted by Crippen LogP contribution is -2.13. The van der Waals surface area contributed by atoms with E-state index in [1.165, 1.54) is 11.0 Å². The normalized spacial score (nSPS) is 12.0. The highest BCUT2D eigenvalue weighted by Crippen LogP contribution is 2.31. The minimum Gasteiger partial charge on any atom is -0.250 e. The molecular formula is C17H13Cl3N4O3. The number of hydrogen-bond acceptors (Lipinski definition) is 5. The standard InChI is InChI=1S/C17H13Cl3N4O3/c18-13-3-1-11(2-4-13)7-12(15-6-5-14(19)8-16(15)20)9-23-10-21-17(22-23)27-24(25)26/h1-6,8,10,12H,7,9H2. The van der Waals surface area contributed by atoms with Crippen LogP contribution in [-0.4, -0.2) is 19.9 Å². The summed E-state index contributed by atoms with van der Waals surface area (Å²) in [5, 5.41) is 15.2. The summed E-state index contributed by atoms with van der Waals surface area (Å²) in [5.74, 6) is -0.0823. The minimum atomic E-state index is -0.957. The van der Waals surface area contributed by atoms with Crippen molar-refractivity contribution in [1.29, 1.82) is 0 Å². The van der Waals surface area contributed by atoms with Gasteiger partial charge in [0, 0.05) is 21.0 Å². The molecule has 0 aliphatic rings. The van der Waals surface area contributed by atoms with Crippen molar-refractivity contribution in [3.05, 3.63) is 85.1 Å². The van der Waals surface area contributed by atoms with Gasteiger partial charge < -0.3 is 0 Å². The summed E-state index contributed by atoms with van der Waals surface area (Å²) in [6, 6.07) is 12.5. The first kappa shape index (κ1) is 19.4. The zero-order valence-corrected chi connectivity index (χ0v) is 16.0. The van der Waals surface area contributed by atoms with Crippen LogP contribution >= 0.6 is 34.8 Å². The summed E-state index contributed by atoms with van der Waals surface area (Å²) in [6.07, 6.45) is 2.02. The van der Waals surface area contributed by atoms with Gasteiger partial charge in [-0.25, -0.2) is 4.84 Å². The highest BCUT2D eigenvalue weighted by Gasteiger charge is 2.18. The van der Waals surface area contributed by atoms with Gasteiger partial charge in [-0.1, -0.05) is 53.0 Å². The number of nitrogens with zero attached hydrogens (tertiary/aromatic N) is 4. The van der Waals surface area contributed by atoms with Crippen LogP contribution in [0.5, 0.6) is 6.01 Å². The maximum absolute atomic E-state index is 10.4. The van der Waals surface area contributed by atoms with Crippen molar-refractivity contribution < 1.29 is 9.92 Å². The van der Waals surface area contributed by atoms with Crippen molar-refractivity contribution in [3.8, 4) is 6.01 Å². The summed E-state index contributed by atoms with van der Waals surface area (Å²) in [6.45, 7) is 0.387. The van der Waals surface area contributed by atoms with Crippen molar-refractivity contribution in [3.63, 3.8) is 0 Å². The van der Waals surface area contributed by atoms with Gasteiger partial charge in [-0.05, 0) is 41.8 Å². The van der Waals surface area contributed by atoms with E-state index in [1.807, 2.05) is 30.3 Å². The van der Waals surface area contributed by atoms with Crippen LogP contribution in [-0.2, 0) is 13.0 Å². The van der Waals surface area contributed by atoms with E-state index in [0.717, 1.165) is 11.1 Å². The Labute approximate surface area is 169 Å². The van der Waals surface area contributed by atoms with Gasteiger partial charge >= 0.3 is 11.1 Å². The van der Waals surface area contributed by atoms with Crippen molar-refractivity contribution in [2.75, 3.05) is 0 Å². The molecular weight excluding hydrogens is 415 g/mol. The van der Waals surface area contributed by atoms with Crippen LogP contribution in [0.1, 0.15) is 17.0 Å². The van der Waals surface area contributed by atoms with Gasteiger partial charge in [-0.15, -0.1) is 15.2 Å². The predicted molar refractivity (Wildman–Crippen MR) is 102 cm³/mol. The van der Waals surface area contributed by atoms with Gasteiger partial charge in [-0.2, -0.15) is 4.98 Å². The topological polar surface area (TPSA) is 83.1 Å². The highest BCUT2D eigenvalue weighted by molar-refractivity contribution is 6.35. The van der Waals surface area contributed by atoms with E-state index in [1.54, 1.807) is 12.1 Å². The molecule has 7 nitrogen and oxygen atoms in total. The molecule has 0 aliphatic carbocycles. The van der Waals surface area contributed by atoms with Crippen LogP contribution in [0.4, 0.5) is 0 Å². The van der Waals surface area contributed by atoms with Gasteiger partial charge in [0.2, 0.25) is 0 Å². The Morgan fingerprint density at radius 2 is 1.81 bits per heavy atom. The molecule has 140 valence electrons. The molecule has 0 fully saturated rings. The van der Waals surface area contributed by atoms with Crippen LogP contribution in [0.2, 0.25) is 15.1 Å². The van der Waals surface area contributed by atoms with Gasteiger partial charge in [-0.3, -0.25) is 4.68 Å². The van der Waals surface area contributed by atoms with Gasteiger partial charge in [0.15, 0.2) is 0 Å². The minimum absolute atomic E-state index is 0.0823. The van der Waals surface area contributed by atoms with E-state index in [4.69, 9.17) is 34.8 Å². The maximum atomic E-state index is 10.4. The highest BCUT2D eigenvalue weighted by atomic mass is 35.5. The van der Waals surface area contributed by atoms with E-state index in [9.17, 15) is 10.1 Å². The number of hydrogen-bond donors (Lipinski definition) is 0. The Kier molecular flexibility index (Phi) is 6.15. The fraction of sp³-hybridized carbons (Fsp3) is 0.176. The summed E-state index contributed by atoms with van der Waals surface area (Å²) >= 11 is 18.4. The molecule has 1 atom stereocenters. The third-order valence-corrected chi connectivity index (χ3v) is 4.69. The summed E-state index contributed by atoms with van der Waals surface area (Å²) in [5.41, 5.74) is 1.93. The lowest BCUT2D eigenvalue weighted by Gasteiger charge is -2.19. The zero-order chi connectivity index (χ0) is 19.4. The summed E-state index contributed by atoms with van der Waals surface area (Å²) in [7, 11) is 0. The van der Waals surface area contributed by atoms with E-state index in [-0.39, 0.29) is 11.9 Å². The fourth-order valence-electron chi connectivity index (χ4n) is 2.71. The molecule has 0 amide bonds. The van der Waals surface area contributed by atoms with Crippen LogP contribution in [0.25, 0.3) is 0 Å². The van der Waals surface area contributed by atoms with Crippen LogP contribution in [0.3, 0.4) is 0 Å². The molecule has 10 heteroatoms. The van der Waals surface area contributed by atoms with Crippen LogP contribution < -0.4 is 4.84 Å². The lowest BCUT2D eigenvalue weighted by atomic mass is 9.92. The van der Waals surface area contributed by atoms with Gasteiger partial charge in [0.25, 0.3) is 0 Å². The van der Waals surface area contributed by atoms with Crippen molar-refractivity contribution >= 4 is 34.8 Å². The Balaban J connectivity index is 1.87. The molecule has 0 spiro atoms. The van der Waals surface area contributed by atoms with Gasteiger partial charge in [0.05, 0.1) is 6.54 Å². The van der Waals surface area contributed by atoms with Crippen molar-refractivity contribution in [2.24, 2.45) is 0 Å². The molecule has 1 aromatic heterocycles. The lowest BCUT2D eigenvalue weighted by molar-refractivity contribution is -0.713. The smallest absolute Gasteiger partial charge is 0.250 e. The molecule has 0 radical (unpaired) electrons. The number of aromatic nitrogens is 3. The second kappa shape index (κ2) is 8.56. The summed E-state index contributed by atoms with van der Waals surface area (Å²) < 4.78 is 1.48. The number of halogens is 3. The Morgan fingerprint density at radius 1 is 1.11 bits per heavy atom. The molecule has 0 N–H and O–H groups in total. The first-order valence-electron chi connectivity index (χ1n) is 7.82. The quantitative estimate of drug-likeness (QED) is 0.398. The molecule has 0 bridgehead atoms. The van der Waals surface area contributed by atoms with E-state index in [0.29, 0.717) is 28.0 Å². The molecule has 0 aliphatic heterocycles. The molecule has 27 heavy (non-hydrogen) atoms. The molecule has 0 saturated carbocycles. The Morgan fingerprint density at radius 3 is 2.48 bits per heavy atom. The van der Waals surface area contributed by atoms with Crippen LogP contribution in [0, 0.1) is 10.1 Å². The van der Waals surface area contributed by atoms with E-state index < -0.39 is 5.09 Å². The molecule has 0 saturated heterocycles. The second-order valence-corrected chi connectivity index (χ2v) is 7.04. The third kappa shape index (κ3) is 5.32. The molecule has 3 rings (SSSR count). The maximum Gasteiger partial charge on any atom is 0.327 e. The average molecular weight is 428 g/mol. The Hall–Kier alpha value is -2.35. The number of rotatable bonds is 7. The van der Waals surface area contributed by atoms with Crippen molar-refractivity contribution in [1.82, 2.24) is 14.8 Å². The average Bonchev–Trinajstić information content (AvgIpc) is 3.02. The Bertz CT molecular complexity index is 947. The molecule has 3 aromatic rings. The molecule has 1 heterocycles. The third-order valence-electron chi connectivity index (χ3n) is 3.88. The van der Waals surface area contributed by atoms with Crippen LogP contribution in [0.15, 0.2) is 48.8 Å². The first-order chi connectivity index (χ1) is 12.9.